The first-order chi connectivity index (χ1) is 9.59. The molecule has 1 saturated carbocycles. The number of carbonyl (C=O) groups is 1. The second-order valence-electron chi connectivity index (χ2n) is 6.49. The van der Waals surface area contributed by atoms with Gasteiger partial charge in [0.05, 0.1) is 0 Å². The Morgan fingerprint density at radius 1 is 1.10 bits per heavy atom. The average Bonchev–Trinajstić information content (AvgIpc) is 2.38. The first-order valence-corrected chi connectivity index (χ1v) is 7.97. The standard InChI is InChI=1S/C17H26BNO/c18-17(19,13-14-9-5-4-6-10-14)16(20)15-11-7-2-1-3-8-12-15/h4-6,9-10,15H,1-3,7-8,11-13,18-19H2/t17-/m0/s1. The number of rotatable bonds is 4. The normalized spacial score (nSPS) is 20.6. The van der Waals surface area contributed by atoms with Crippen LogP contribution in [0.15, 0.2) is 30.3 Å². The van der Waals surface area contributed by atoms with E-state index in [0.717, 1.165) is 18.4 Å². The molecule has 1 aliphatic carbocycles. The fraction of sp³-hybridized carbons (Fsp3) is 0.588. The topological polar surface area (TPSA) is 43.1 Å². The van der Waals surface area contributed by atoms with Crippen LogP contribution < -0.4 is 5.73 Å². The number of ketones is 1. The molecule has 2 rings (SSSR count). The molecule has 108 valence electrons. The lowest BCUT2D eigenvalue weighted by molar-refractivity contribution is -0.126. The molecule has 1 fully saturated rings. The third-order valence-corrected chi connectivity index (χ3v) is 4.45. The molecule has 0 aliphatic heterocycles. The van der Waals surface area contributed by atoms with E-state index in [0.29, 0.717) is 6.42 Å². The maximum absolute atomic E-state index is 12.8. The van der Waals surface area contributed by atoms with Crippen molar-refractivity contribution in [2.24, 2.45) is 11.7 Å². The molecule has 1 aromatic rings. The summed E-state index contributed by atoms with van der Waals surface area (Å²) in [5.74, 6) is 0.442. The Morgan fingerprint density at radius 3 is 2.25 bits per heavy atom. The van der Waals surface area contributed by atoms with Crippen molar-refractivity contribution < 1.29 is 4.79 Å². The highest BCUT2D eigenvalue weighted by Gasteiger charge is 2.33. The maximum atomic E-state index is 12.8. The number of Topliss-reactive ketones (excluding diaryl/α,β-unsaturated/α-hetero) is 1. The van der Waals surface area contributed by atoms with E-state index in [1.54, 1.807) is 0 Å². The summed E-state index contributed by atoms with van der Waals surface area (Å²) >= 11 is 0. The molecular formula is C17H26BNO. The van der Waals surface area contributed by atoms with Crippen molar-refractivity contribution in [3.63, 3.8) is 0 Å². The number of hydrogen-bond acceptors (Lipinski definition) is 2. The zero-order chi connectivity index (χ0) is 14.4. The predicted octanol–water partition coefficient (Wildman–Crippen LogP) is 2.45. The van der Waals surface area contributed by atoms with Crippen LogP contribution in [0.2, 0.25) is 0 Å². The van der Waals surface area contributed by atoms with Crippen molar-refractivity contribution in [2.45, 2.75) is 56.8 Å². The molecule has 0 amide bonds. The summed E-state index contributed by atoms with van der Waals surface area (Å²) in [6.07, 6.45) is 8.91. The Morgan fingerprint density at radius 2 is 1.65 bits per heavy atom. The van der Waals surface area contributed by atoms with E-state index >= 15 is 0 Å². The third kappa shape index (κ3) is 4.21. The first-order valence-electron chi connectivity index (χ1n) is 7.97. The van der Waals surface area contributed by atoms with Crippen LogP contribution in [-0.4, -0.2) is 19.1 Å². The molecule has 0 heterocycles. The van der Waals surface area contributed by atoms with Crippen LogP contribution in [-0.2, 0) is 11.2 Å². The molecule has 2 N–H and O–H groups in total. The lowest BCUT2D eigenvalue weighted by Gasteiger charge is -2.29. The Bertz CT molecular complexity index is 422. The van der Waals surface area contributed by atoms with Crippen molar-refractivity contribution >= 4 is 13.6 Å². The number of carbonyl (C=O) groups excluding carboxylic acids is 1. The summed E-state index contributed by atoms with van der Waals surface area (Å²) in [7, 11) is 1.90. The van der Waals surface area contributed by atoms with Gasteiger partial charge < -0.3 is 5.73 Å². The van der Waals surface area contributed by atoms with Crippen molar-refractivity contribution in [1.29, 1.82) is 0 Å². The lowest BCUT2D eigenvalue weighted by Crippen LogP contribution is -2.53. The molecule has 2 nitrogen and oxygen atoms in total. The molecule has 3 heteroatoms. The van der Waals surface area contributed by atoms with E-state index in [1.807, 2.05) is 26.0 Å². The van der Waals surface area contributed by atoms with Gasteiger partial charge in [-0.05, 0) is 24.8 Å². The van der Waals surface area contributed by atoms with Crippen LogP contribution in [0.1, 0.15) is 50.5 Å². The molecule has 0 spiro atoms. The minimum atomic E-state index is -0.731. The summed E-state index contributed by atoms with van der Waals surface area (Å²) in [5, 5.41) is 0. The van der Waals surface area contributed by atoms with Gasteiger partial charge in [-0.2, -0.15) is 0 Å². The van der Waals surface area contributed by atoms with E-state index in [-0.39, 0.29) is 11.7 Å². The van der Waals surface area contributed by atoms with E-state index in [9.17, 15) is 4.79 Å². The second-order valence-corrected chi connectivity index (χ2v) is 6.49. The highest BCUT2D eigenvalue weighted by Crippen LogP contribution is 2.26. The largest absolute Gasteiger partial charge is 0.326 e. The van der Waals surface area contributed by atoms with Crippen LogP contribution in [0, 0.1) is 5.92 Å². The summed E-state index contributed by atoms with van der Waals surface area (Å²) in [5.41, 5.74) is 6.78. The van der Waals surface area contributed by atoms with Crippen LogP contribution in [0.5, 0.6) is 0 Å². The van der Waals surface area contributed by atoms with Crippen LogP contribution in [0.3, 0.4) is 0 Å². The smallest absolute Gasteiger partial charge is 0.147 e. The van der Waals surface area contributed by atoms with Gasteiger partial charge in [0.1, 0.15) is 13.6 Å². The van der Waals surface area contributed by atoms with Crippen molar-refractivity contribution in [3.05, 3.63) is 35.9 Å². The fourth-order valence-electron chi connectivity index (χ4n) is 3.29. The number of nitrogens with two attached hydrogens (primary N) is 1. The van der Waals surface area contributed by atoms with Gasteiger partial charge >= 0.3 is 0 Å². The van der Waals surface area contributed by atoms with Gasteiger partial charge in [0.15, 0.2) is 0 Å². The lowest BCUT2D eigenvalue weighted by atomic mass is 9.66. The maximum Gasteiger partial charge on any atom is 0.147 e. The third-order valence-electron chi connectivity index (χ3n) is 4.45. The van der Waals surface area contributed by atoms with Crippen molar-refractivity contribution in [1.82, 2.24) is 0 Å². The molecule has 0 bridgehead atoms. The molecule has 0 aromatic heterocycles. The fourth-order valence-corrected chi connectivity index (χ4v) is 3.29. The highest BCUT2D eigenvalue weighted by molar-refractivity contribution is 6.29. The van der Waals surface area contributed by atoms with E-state index in [1.165, 1.54) is 32.1 Å². The van der Waals surface area contributed by atoms with Gasteiger partial charge in [0.25, 0.3) is 0 Å². The first kappa shape index (κ1) is 15.3. The van der Waals surface area contributed by atoms with Gasteiger partial charge in [0.2, 0.25) is 0 Å². The van der Waals surface area contributed by atoms with Crippen LogP contribution in [0.25, 0.3) is 0 Å². The van der Waals surface area contributed by atoms with Gasteiger partial charge in [-0.1, -0.05) is 62.4 Å². The summed E-state index contributed by atoms with van der Waals surface area (Å²) < 4.78 is 0. The molecule has 1 atom stereocenters. The second kappa shape index (κ2) is 7.08. The average molecular weight is 271 g/mol. The summed E-state index contributed by atoms with van der Waals surface area (Å²) in [4.78, 5) is 12.8. The van der Waals surface area contributed by atoms with Gasteiger partial charge in [-0.3, -0.25) is 4.79 Å². The van der Waals surface area contributed by atoms with Gasteiger partial charge in [0, 0.05) is 11.4 Å². The zero-order valence-electron chi connectivity index (χ0n) is 12.6. The van der Waals surface area contributed by atoms with Gasteiger partial charge in [-0.25, -0.2) is 0 Å². The van der Waals surface area contributed by atoms with E-state index < -0.39 is 5.44 Å². The molecule has 0 unspecified atom stereocenters. The van der Waals surface area contributed by atoms with E-state index in [2.05, 4.69) is 12.1 Å². The monoisotopic (exact) mass is 271 g/mol. The molecule has 0 saturated heterocycles. The molecule has 1 aromatic carbocycles. The zero-order valence-corrected chi connectivity index (χ0v) is 12.6. The predicted molar refractivity (Wildman–Crippen MR) is 86.4 cm³/mol. The summed E-state index contributed by atoms with van der Waals surface area (Å²) in [6, 6.07) is 10.1. The Hall–Kier alpha value is -1.09. The van der Waals surface area contributed by atoms with Crippen LogP contribution in [0.4, 0.5) is 0 Å². The van der Waals surface area contributed by atoms with E-state index in [4.69, 9.17) is 5.73 Å². The molecular weight excluding hydrogens is 245 g/mol. The van der Waals surface area contributed by atoms with Gasteiger partial charge in [-0.15, -0.1) is 0 Å². The Balaban J connectivity index is 2.01. The SMILES string of the molecule is B[C@](N)(Cc1ccccc1)C(=O)C1CCCCCCC1. The quantitative estimate of drug-likeness (QED) is 0.855. The Kier molecular flexibility index (Phi) is 5.42. The van der Waals surface area contributed by atoms with Crippen molar-refractivity contribution in [3.8, 4) is 0 Å². The molecule has 20 heavy (non-hydrogen) atoms. The van der Waals surface area contributed by atoms with Crippen LogP contribution >= 0.6 is 0 Å². The summed E-state index contributed by atoms with van der Waals surface area (Å²) in [6.45, 7) is 0. The van der Waals surface area contributed by atoms with Crippen molar-refractivity contribution in [2.75, 3.05) is 0 Å². The molecule has 1 aliphatic rings. The Labute approximate surface area is 123 Å². The minimum absolute atomic E-state index is 0.175. The number of benzene rings is 1. The minimum Gasteiger partial charge on any atom is -0.326 e. The molecule has 0 radical (unpaired) electrons. The highest BCUT2D eigenvalue weighted by atomic mass is 16.1. The number of hydrogen-bond donors (Lipinski definition) is 1.